The minimum Gasteiger partial charge on any atom is -0.367 e. The highest BCUT2D eigenvalue weighted by molar-refractivity contribution is 9.10. The molecule has 1 unspecified atom stereocenters. The zero-order chi connectivity index (χ0) is 21.8. The van der Waals surface area contributed by atoms with Gasteiger partial charge in [0.05, 0.1) is 11.6 Å². The van der Waals surface area contributed by atoms with Gasteiger partial charge in [-0.25, -0.2) is 4.68 Å². The van der Waals surface area contributed by atoms with Gasteiger partial charge in [-0.15, -0.1) is 10.2 Å². The number of halogens is 1. The highest BCUT2D eigenvalue weighted by Gasteiger charge is 2.34. The third-order valence-corrected chi connectivity index (χ3v) is 5.45. The van der Waals surface area contributed by atoms with E-state index in [1.807, 2.05) is 55.6 Å². The van der Waals surface area contributed by atoms with Gasteiger partial charge < -0.3 is 15.5 Å². The number of hydrogen-bond acceptors (Lipinski definition) is 6. The minimum absolute atomic E-state index is 0.0425. The molecule has 1 saturated heterocycles. The van der Waals surface area contributed by atoms with Gasteiger partial charge in [0.25, 0.3) is 0 Å². The summed E-state index contributed by atoms with van der Waals surface area (Å²) in [6, 6.07) is 13.0. The molecule has 3 heterocycles. The summed E-state index contributed by atoms with van der Waals surface area (Å²) in [4.78, 5) is 26.5. The minimum atomic E-state index is -0.358. The third kappa shape index (κ3) is 5.08. The smallest absolute Gasteiger partial charge is 0.227 e. The number of aryl methyl sites for hydroxylation is 1. The molecular formula is C21H22BrN7O2. The summed E-state index contributed by atoms with van der Waals surface area (Å²) in [5.41, 5.74) is 1.70. The number of amides is 2. The number of benzene rings is 1. The van der Waals surface area contributed by atoms with Crippen LogP contribution in [0.1, 0.15) is 12.1 Å². The molecule has 0 saturated carbocycles. The fourth-order valence-electron chi connectivity index (χ4n) is 3.38. The maximum absolute atomic E-state index is 12.5. The number of aromatic nitrogens is 4. The quantitative estimate of drug-likeness (QED) is 0.499. The molecule has 9 nitrogen and oxygen atoms in total. The normalized spacial score (nSPS) is 15.9. The Balaban J connectivity index is 1.23. The monoisotopic (exact) mass is 483 g/mol. The van der Waals surface area contributed by atoms with E-state index in [-0.39, 0.29) is 24.2 Å². The Bertz CT molecular complexity index is 1080. The molecule has 2 amide bonds. The molecule has 1 aromatic carbocycles. The van der Waals surface area contributed by atoms with Gasteiger partial charge in [0.2, 0.25) is 11.8 Å². The average Bonchev–Trinajstić information content (AvgIpc) is 3.37. The van der Waals surface area contributed by atoms with Crippen molar-refractivity contribution in [3.8, 4) is 5.82 Å². The molecule has 0 bridgehead atoms. The van der Waals surface area contributed by atoms with E-state index in [0.717, 1.165) is 15.9 Å². The number of hydrogen-bond donors (Lipinski definition) is 2. The van der Waals surface area contributed by atoms with Crippen molar-refractivity contribution in [2.24, 2.45) is 5.92 Å². The summed E-state index contributed by atoms with van der Waals surface area (Å²) in [6.45, 7) is 3.21. The molecule has 160 valence electrons. The number of nitrogens with zero attached hydrogens (tertiary/aromatic N) is 5. The van der Waals surface area contributed by atoms with Crippen LogP contribution in [0.5, 0.6) is 0 Å². The largest absolute Gasteiger partial charge is 0.367 e. The van der Waals surface area contributed by atoms with Crippen LogP contribution < -0.4 is 15.5 Å². The van der Waals surface area contributed by atoms with Crippen LogP contribution in [0.4, 0.5) is 11.5 Å². The fourth-order valence-corrected chi connectivity index (χ4v) is 3.77. The first-order chi connectivity index (χ1) is 15.0. The summed E-state index contributed by atoms with van der Waals surface area (Å²) in [5.74, 6) is 0.719. The highest BCUT2D eigenvalue weighted by atomic mass is 79.9. The van der Waals surface area contributed by atoms with E-state index in [1.165, 1.54) is 0 Å². The van der Waals surface area contributed by atoms with E-state index in [0.29, 0.717) is 31.3 Å². The maximum Gasteiger partial charge on any atom is 0.227 e. The second-order valence-electron chi connectivity index (χ2n) is 7.28. The van der Waals surface area contributed by atoms with E-state index in [2.05, 4.69) is 41.9 Å². The molecule has 2 aromatic heterocycles. The van der Waals surface area contributed by atoms with Crippen LogP contribution >= 0.6 is 15.9 Å². The van der Waals surface area contributed by atoms with E-state index in [1.54, 1.807) is 9.58 Å². The third-order valence-electron chi connectivity index (χ3n) is 4.95. The van der Waals surface area contributed by atoms with Crippen molar-refractivity contribution in [2.45, 2.75) is 13.3 Å². The predicted molar refractivity (Wildman–Crippen MR) is 120 cm³/mol. The summed E-state index contributed by atoms with van der Waals surface area (Å²) < 4.78 is 2.56. The molecule has 31 heavy (non-hydrogen) atoms. The Labute approximate surface area is 188 Å². The SMILES string of the molecule is Cc1ccn(-c2ccc(NCCNC(=O)C3CC(=O)N(c4cccc(Br)c4)C3)nn2)n1. The van der Waals surface area contributed by atoms with Crippen molar-refractivity contribution in [3.05, 3.63) is 58.8 Å². The fraction of sp³-hybridized carbons (Fsp3) is 0.286. The van der Waals surface area contributed by atoms with Gasteiger partial charge in [0.15, 0.2) is 5.82 Å². The zero-order valence-electron chi connectivity index (χ0n) is 17.0. The first kappa shape index (κ1) is 21.0. The summed E-state index contributed by atoms with van der Waals surface area (Å²) in [7, 11) is 0. The molecular weight excluding hydrogens is 462 g/mol. The van der Waals surface area contributed by atoms with Crippen molar-refractivity contribution in [1.29, 1.82) is 0 Å². The number of anilines is 2. The van der Waals surface area contributed by atoms with Crippen molar-refractivity contribution >= 4 is 39.2 Å². The first-order valence-corrected chi connectivity index (χ1v) is 10.7. The lowest BCUT2D eigenvalue weighted by Crippen LogP contribution is -2.35. The van der Waals surface area contributed by atoms with Crippen molar-refractivity contribution in [2.75, 3.05) is 29.9 Å². The number of rotatable bonds is 7. The summed E-state index contributed by atoms with van der Waals surface area (Å²) >= 11 is 3.41. The van der Waals surface area contributed by atoms with Gasteiger partial charge in [-0.05, 0) is 43.3 Å². The van der Waals surface area contributed by atoms with Crippen LogP contribution in [0.25, 0.3) is 5.82 Å². The van der Waals surface area contributed by atoms with Gasteiger partial charge in [0, 0.05) is 42.4 Å². The van der Waals surface area contributed by atoms with E-state index >= 15 is 0 Å². The molecule has 10 heteroatoms. The standard InChI is InChI=1S/C21H22BrN7O2/c1-14-7-10-29(27-14)19-6-5-18(25-26-19)23-8-9-24-21(31)15-11-20(30)28(13-15)17-4-2-3-16(22)12-17/h2-7,10,12,15H,8-9,11,13H2,1H3,(H,23,25)(H,24,31). The molecule has 0 spiro atoms. The van der Waals surface area contributed by atoms with Crippen LogP contribution in [-0.4, -0.2) is 51.4 Å². The summed E-state index contributed by atoms with van der Waals surface area (Å²) in [6.07, 6.45) is 2.04. The molecule has 0 radical (unpaired) electrons. The van der Waals surface area contributed by atoms with Crippen LogP contribution in [-0.2, 0) is 9.59 Å². The molecule has 1 aliphatic rings. The Hall–Kier alpha value is -3.27. The number of carbonyl (C=O) groups is 2. The molecule has 1 aliphatic heterocycles. The number of nitrogens with one attached hydrogen (secondary N) is 2. The van der Waals surface area contributed by atoms with Crippen LogP contribution in [0.3, 0.4) is 0 Å². The molecule has 1 atom stereocenters. The van der Waals surface area contributed by atoms with Crippen LogP contribution in [0.2, 0.25) is 0 Å². The molecule has 3 aromatic rings. The molecule has 4 rings (SSSR count). The molecule has 0 aliphatic carbocycles. The highest BCUT2D eigenvalue weighted by Crippen LogP contribution is 2.27. The summed E-state index contributed by atoms with van der Waals surface area (Å²) in [5, 5.41) is 18.6. The second-order valence-corrected chi connectivity index (χ2v) is 8.20. The predicted octanol–water partition coefficient (Wildman–Crippen LogP) is 2.31. The van der Waals surface area contributed by atoms with E-state index in [9.17, 15) is 9.59 Å². The molecule has 1 fully saturated rings. The van der Waals surface area contributed by atoms with E-state index < -0.39 is 0 Å². The lowest BCUT2D eigenvalue weighted by Gasteiger charge is -2.17. The second kappa shape index (κ2) is 9.25. The van der Waals surface area contributed by atoms with E-state index in [4.69, 9.17) is 0 Å². The Kier molecular flexibility index (Phi) is 6.26. The van der Waals surface area contributed by atoms with Crippen molar-refractivity contribution in [3.63, 3.8) is 0 Å². The van der Waals surface area contributed by atoms with Crippen LogP contribution in [0.15, 0.2) is 53.1 Å². The lowest BCUT2D eigenvalue weighted by atomic mass is 10.1. The topological polar surface area (TPSA) is 105 Å². The van der Waals surface area contributed by atoms with Crippen molar-refractivity contribution in [1.82, 2.24) is 25.3 Å². The van der Waals surface area contributed by atoms with Gasteiger partial charge in [0.1, 0.15) is 5.82 Å². The Morgan fingerprint density at radius 1 is 1.19 bits per heavy atom. The molecule has 2 N–H and O–H groups in total. The van der Waals surface area contributed by atoms with Gasteiger partial charge in [-0.1, -0.05) is 22.0 Å². The van der Waals surface area contributed by atoms with Crippen LogP contribution in [0, 0.1) is 12.8 Å². The average molecular weight is 484 g/mol. The zero-order valence-corrected chi connectivity index (χ0v) is 18.5. The van der Waals surface area contributed by atoms with Gasteiger partial charge in [-0.3, -0.25) is 9.59 Å². The first-order valence-electron chi connectivity index (χ1n) is 9.93. The van der Waals surface area contributed by atoms with Crippen molar-refractivity contribution < 1.29 is 9.59 Å². The Morgan fingerprint density at radius 3 is 2.77 bits per heavy atom. The lowest BCUT2D eigenvalue weighted by molar-refractivity contribution is -0.126. The maximum atomic E-state index is 12.5. The van der Waals surface area contributed by atoms with Gasteiger partial charge >= 0.3 is 0 Å². The van der Waals surface area contributed by atoms with Gasteiger partial charge in [-0.2, -0.15) is 5.10 Å². The Morgan fingerprint density at radius 2 is 2.06 bits per heavy atom. The number of carbonyl (C=O) groups excluding carboxylic acids is 2.